The molecule has 3 aromatic rings. The Bertz CT molecular complexity index is 949. The van der Waals surface area contributed by atoms with E-state index in [1.54, 1.807) is 12.1 Å². The fourth-order valence-corrected chi connectivity index (χ4v) is 3.37. The second kappa shape index (κ2) is 11.1. The van der Waals surface area contributed by atoms with Gasteiger partial charge in [-0.05, 0) is 41.0 Å². The van der Waals surface area contributed by atoms with E-state index in [1.165, 1.54) is 11.8 Å². The van der Waals surface area contributed by atoms with Gasteiger partial charge in [-0.2, -0.15) is 5.26 Å². The van der Waals surface area contributed by atoms with Gasteiger partial charge in [-0.15, -0.1) is 11.8 Å². The molecule has 0 fully saturated rings. The van der Waals surface area contributed by atoms with Crippen molar-refractivity contribution < 1.29 is 9.53 Å². The number of hydrogen-bond acceptors (Lipinski definition) is 4. The Hall–Kier alpha value is -3.07. The van der Waals surface area contributed by atoms with Gasteiger partial charge in [0, 0.05) is 11.4 Å². The van der Waals surface area contributed by atoms with Crippen molar-refractivity contribution in [3.8, 4) is 6.07 Å². The molecule has 0 spiro atoms. The molecule has 3 aromatic carbocycles. The molecule has 4 nitrogen and oxygen atoms in total. The quantitative estimate of drug-likeness (QED) is 0.528. The Morgan fingerprint density at radius 1 is 0.862 bits per heavy atom. The van der Waals surface area contributed by atoms with Gasteiger partial charge in [0.1, 0.15) is 0 Å². The Labute approximate surface area is 175 Å². The molecular weight excluding hydrogens is 380 g/mol. The SMILES string of the molecule is N#Cc1ccc(SCC(=O)NCc2ccc(COCc3ccccc3)cc2)cc1. The van der Waals surface area contributed by atoms with Crippen LogP contribution >= 0.6 is 11.8 Å². The highest BCUT2D eigenvalue weighted by atomic mass is 32.2. The number of amides is 1. The summed E-state index contributed by atoms with van der Waals surface area (Å²) in [6.45, 7) is 1.65. The van der Waals surface area contributed by atoms with E-state index < -0.39 is 0 Å². The van der Waals surface area contributed by atoms with Crippen LogP contribution in [0.25, 0.3) is 0 Å². The van der Waals surface area contributed by atoms with Gasteiger partial charge >= 0.3 is 0 Å². The fourth-order valence-electron chi connectivity index (χ4n) is 2.64. The summed E-state index contributed by atoms with van der Waals surface area (Å²) in [6.07, 6.45) is 0. The predicted octanol–water partition coefficient (Wildman–Crippen LogP) is 4.68. The molecule has 0 radical (unpaired) electrons. The van der Waals surface area contributed by atoms with Gasteiger partial charge in [-0.25, -0.2) is 0 Å². The van der Waals surface area contributed by atoms with E-state index in [-0.39, 0.29) is 5.91 Å². The number of benzene rings is 3. The van der Waals surface area contributed by atoms with Crippen molar-refractivity contribution in [2.45, 2.75) is 24.7 Å². The van der Waals surface area contributed by atoms with Crippen LogP contribution in [0.1, 0.15) is 22.3 Å². The molecule has 0 bridgehead atoms. The first-order valence-corrected chi connectivity index (χ1v) is 10.3. The zero-order chi connectivity index (χ0) is 20.3. The molecule has 3 rings (SSSR count). The van der Waals surface area contributed by atoms with Crippen LogP contribution in [-0.2, 0) is 29.3 Å². The summed E-state index contributed by atoms with van der Waals surface area (Å²) in [5.74, 6) is 0.326. The predicted molar refractivity (Wildman–Crippen MR) is 115 cm³/mol. The first kappa shape index (κ1) is 20.7. The number of ether oxygens (including phenoxy) is 1. The lowest BCUT2D eigenvalue weighted by Gasteiger charge is -2.08. The molecule has 1 N–H and O–H groups in total. The van der Waals surface area contributed by atoms with E-state index in [0.717, 1.165) is 21.6 Å². The highest BCUT2D eigenvalue weighted by molar-refractivity contribution is 8.00. The van der Waals surface area contributed by atoms with E-state index >= 15 is 0 Å². The summed E-state index contributed by atoms with van der Waals surface area (Å²) in [5.41, 5.74) is 3.93. The normalized spacial score (nSPS) is 10.3. The van der Waals surface area contributed by atoms with Crippen molar-refractivity contribution in [2.75, 3.05) is 5.75 Å². The molecular formula is C24H22N2O2S. The van der Waals surface area contributed by atoms with Crippen LogP contribution in [0.15, 0.2) is 83.8 Å². The summed E-state index contributed by atoms with van der Waals surface area (Å²) in [4.78, 5) is 13.0. The number of thioether (sulfide) groups is 1. The lowest BCUT2D eigenvalue weighted by atomic mass is 10.1. The van der Waals surface area contributed by atoms with E-state index in [4.69, 9.17) is 10.00 Å². The number of nitriles is 1. The number of carbonyl (C=O) groups excluding carboxylic acids is 1. The third-order valence-electron chi connectivity index (χ3n) is 4.25. The number of nitrogens with zero attached hydrogens (tertiary/aromatic N) is 1. The summed E-state index contributed by atoms with van der Waals surface area (Å²) < 4.78 is 5.74. The zero-order valence-corrected chi connectivity index (χ0v) is 16.8. The second-order valence-corrected chi connectivity index (χ2v) is 7.55. The first-order valence-electron chi connectivity index (χ1n) is 9.32. The highest BCUT2D eigenvalue weighted by Crippen LogP contribution is 2.18. The molecule has 0 atom stereocenters. The molecule has 0 aromatic heterocycles. The van der Waals surface area contributed by atoms with Crippen molar-refractivity contribution in [1.29, 1.82) is 5.26 Å². The summed E-state index contributed by atoms with van der Waals surface area (Å²) >= 11 is 1.45. The minimum atomic E-state index is -0.0189. The molecule has 0 saturated heterocycles. The monoisotopic (exact) mass is 402 g/mol. The topological polar surface area (TPSA) is 62.1 Å². The highest BCUT2D eigenvalue weighted by Gasteiger charge is 2.04. The largest absolute Gasteiger partial charge is 0.372 e. The molecule has 29 heavy (non-hydrogen) atoms. The van der Waals surface area contributed by atoms with Crippen molar-refractivity contribution in [3.05, 3.63) is 101 Å². The average molecular weight is 403 g/mol. The van der Waals surface area contributed by atoms with Crippen molar-refractivity contribution in [3.63, 3.8) is 0 Å². The van der Waals surface area contributed by atoms with Gasteiger partial charge in [0.25, 0.3) is 0 Å². The molecule has 0 unspecified atom stereocenters. The van der Waals surface area contributed by atoms with E-state index in [9.17, 15) is 4.79 Å². The summed E-state index contributed by atoms with van der Waals surface area (Å²) in [7, 11) is 0. The van der Waals surface area contributed by atoms with Crippen LogP contribution in [0.3, 0.4) is 0 Å². The minimum Gasteiger partial charge on any atom is -0.372 e. The maximum Gasteiger partial charge on any atom is 0.230 e. The van der Waals surface area contributed by atoms with Crippen molar-refractivity contribution in [1.82, 2.24) is 5.32 Å². The lowest BCUT2D eigenvalue weighted by molar-refractivity contribution is -0.118. The zero-order valence-electron chi connectivity index (χ0n) is 16.0. The first-order chi connectivity index (χ1) is 14.2. The van der Waals surface area contributed by atoms with Gasteiger partial charge in [0.2, 0.25) is 5.91 Å². The van der Waals surface area contributed by atoms with E-state index in [0.29, 0.717) is 31.1 Å². The number of hydrogen-bond donors (Lipinski definition) is 1. The smallest absolute Gasteiger partial charge is 0.230 e. The third-order valence-corrected chi connectivity index (χ3v) is 5.26. The fraction of sp³-hybridized carbons (Fsp3) is 0.167. The molecule has 0 heterocycles. The molecule has 0 aliphatic carbocycles. The summed E-state index contributed by atoms with van der Waals surface area (Å²) in [5, 5.41) is 11.7. The maximum absolute atomic E-state index is 12.1. The van der Waals surface area contributed by atoms with Crippen LogP contribution in [-0.4, -0.2) is 11.7 Å². The number of nitrogens with one attached hydrogen (secondary N) is 1. The molecule has 0 aliphatic rings. The van der Waals surface area contributed by atoms with Crippen LogP contribution < -0.4 is 5.32 Å². The average Bonchev–Trinajstić information content (AvgIpc) is 2.78. The Morgan fingerprint density at radius 2 is 1.48 bits per heavy atom. The standard InChI is InChI=1S/C24H22N2O2S/c25-14-19-10-12-23(13-11-19)29-18-24(27)26-15-20-6-8-22(9-7-20)17-28-16-21-4-2-1-3-5-21/h1-13H,15-18H2,(H,26,27). The Balaban J connectivity index is 1.36. The van der Waals surface area contributed by atoms with Gasteiger partial charge in [-0.3, -0.25) is 4.79 Å². The molecule has 1 amide bonds. The number of carbonyl (C=O) groups is 1. The van der Waals surface area contributed by atoms with E-state index in [1.807, 2.05) is 66.7 Å². The van der Waals surface area contributed by atoms with Crippen molar-refractivity contribution in [2.24, 2.45) is 0 Å². The van der Waals surface area contributed by atoms with Gasteiger partial charge in [-0.1, -0.05) is 54.6 Å². The Kier molecular flexibility index (Phi) is 7.88. The molecule has 5 heteroatoms. The summed E-state index contributed by atoms with van der Waals surface area (Å²) in [6, 6.07) is 27.5. The van der Waals surface area contributed by atoms with Crippen LogP contribution in [0.4, 0.5) is 0 Å². The van der Waals surface area contributed by atoms with Crippen LogP contribution in [0, 0.1) is 11.3 Å². The molecule has 146 valence electrons. The van der Waals surface area contributed by atoms with Gasteiger partial charge in [0.05, 0.1) is 30.6 Å². The number of rotatable bonds is 9. The third kappa shape index (κ3) is 7.11. The van der Waals surface area contributed by atoms with Crippen molar-refractivity contribution >= 4 is 17.7 Å². The molecule has 0 aliphatic heterocycles. The van der Waals surface area contributed by atoms with E-state index in [2.05, 4.69) is 11.4 Å². The maximum atomic E-state index is 12.1. The van der Waals surface area contributed by atoms with Gasteiger partial charge < -0.3 is 10.1 Å². The van der Waals surface area contributed by atoms with Crippen LogP contribution in [0.5, 0.6) is 0 Å². The second-order valence-electron chi connectivity index (χ2n) is 6.50. The van der Waals surface area contributed by atoms with Gasteiger partial charge in [0.15, 0.2) is 0 Å². The Morgan fingerprint density at radius 3 is 2.14 bits per heavy atom. The lowest BCUT2D eigenvalue weighted by Crippen LogP contribution is -2.24. The molecule has 0 saturated carbocycles. The minimum absolute atomic E-state index is 0.0189. The van der Waals surface area contributed by atoms with Crippen LogP contribution in [0.2, 0.25) is 0 Å².